The second-order valence-corrected chi connectivity index (χ2v) is 4.72. The molecule has 0 aromatic heterocycles. The average Bonchev–Trinajstić information content (AvgIpc) is 2.12. The highest BCUT2D eigenvalue weighted by Gasteiger charge is 2.27. The molecule has 1 N–H and O–H groups in total. The zero-order chi connectivity index (χ0) is 12.7. The molecule has 0 unspecified atom stereocenters. The van der Waals surface area contributed by atoms with E-state index in [1.54, 1.807) is 0 Å². The van der Waals surface area contributed by atoms with Crippen LogP contribution in [-0.2, 0) is 4.74 Å². The van der Waals surface area contributed by atoms with Gasteiger partial charge in [0.15, 0.2) is 0 Å². The Kier molecular flexibility index (Phi) is 6.99. The first-order chi connectivity index (χ1) is 7.27. The minimum absolute atomic E-state index is 0.109. The summed E-state index contributed by atoms with van der Waals surface area (Å²) in [5.74, 6) is 0. The van der Waals surface area contributed by atoms with E-state index in [1.807, 2.05) is 6.92 Å². The fourth-order valence-corrected chi connectivity index (χ4v) is 1.39. The number of hydrogen-bond donors (Lipinski definition) is 1. The molecule has 5 heteroatoms. The molecule has 0 aliphatic carbocycles. The van der Waals surface area contributed by atoms with Crippen molar-refractivity contribution < 1.29 is 17.9 Å². The SMILES string of the molecule is CCNCC(C)(C)CCCOCC(F)(F)F. The fourth-order valence-electron chi connectivity index (χ4n) is 1.39. The standard InChI is InChI=1S/C11H22F3NO/c1-4-15-8-10(2,3)6-5-7-16-9-11(12,13)14/h15H,4-9H2,1-3H3. The molecule has 0 aromatic carbocycles. The van der Waals surface area contributed by atoms with Crippen LogP contribution in [0.1, 0.15) is 33.6 Å². The Morgan fingerprint density at radius 2 is 1.81 bits per heavy atom. The van der Waals surface area contributed by atoms with Crippen molar-refractivity contribution in [3.8, 4) is 0 Å². The van der Waals surface area contributed by atoms with Crippen LogP contribution < -0.4 is 5.32 Å². The summed E-state index contributed by atoms with van der Waals surface area (Å²) < 4.78 is 39.8. The highest BCUT2D eigenvalue weighted by atomic mass is 19.4. The minimum Gasteiger partial charge on any atom is -0.372 e. The van der Waals surface area contributed by atoms with Gasteiger partial charge in [-0.1, -0.05) is 20.8 Å². The van der Waals surface area contributed by atoms with Crippen LogP contribution in [0, 0.1) is 5.41 Å². The lowest BCUT2D eigenvalue weighted by Crippen LogP contribution is -2.29. The molecule has 0 amide bonds. The second kappa shape index (κ2) is 7.12. The maximum Gasteiger partial charge on any atom is 0.411 e. The van der Waals surface area contributed by atoms with Gasteiger partial charge >= 0.3 is 6.18 Å². The normalized spacial score (nSPS) is 13.1. The van der Waals surface area contributed by atoms with Gasteiger partial charge in [-0.15, -0.1) is 0 Å². The molecule has 2 nitrogen and oxygen atoms in total. The van der Waals surface area contributed by atoms with Gasteiger partial charge < -0.3 is 10.1 Å². The molecule has 0 spiro atoms. The predicted molar refractivity (Wildman–Crippen MR) is 58.4 cm³/mol. The van der Waals surface area contributed by atoms with E-state index in [1.165, 1.54) is 0 Å². The molecular formula is C11H22F3NO. The number of alkyl halides is 3. The van der Waals surface area contributed by atoms with E-state index in [9.17, 15) is 13.2 Å². The van der Waals surface area contributed by atoms with Crippen molar-refractivity contribution in [1.29, 1.82) is 0 Å². The highest BCUT2D eigenvalue weighted by molar-refractivity contribution is 4.70. The van der Waals surface area contributed by atoms with Crippen molar-refractivity contribution in [2.75, 3.05) is 26.3 Å². The Bertz CT molecular complexity index is 181. The highest BCUT2D eigenvalue weighted by Crippen LogP contribution is 2.21. The van der Waals surface area contributed by atoms with Gasteiger partial charge in [0, 0.05) is 13.2 Å². The quantitative estimate of drug-likeness (QED) is 0.660. The molecule has 0 atom stereocenters. The molecular weight excluding hydrogens is 219 g/mol. The van der Waals surface area contributed by atoms with Crippen LogP contribution in [0.2, 0.25) is 0 Å². The molecule has 0 fully saturated rings. The molecule has 0 aromatic rings. The monoisotopic (exact) mass is 241 g/mol. The van der Waals surface area contributed by atoms with Crippen molar-refractivity contribution in [3.63, 3.8) is 0 Å². The Morgan fingerprint density at radius 1 is 1.19 bits per heavy atom. The third kappa shape index (κ3) is 10.2. The van der Waals surface area contributed by atoms with Crippen LogP contribution >= 0.6 is 0 Å². The second-order valence-electron chi connectivity index (χ2n) is 4.72. The number of halogens is 3. The molecule has 0 aliphatic heterocycles. The lowest BCUT2D eigenvalue weighted by Gasteiger charge is -2.24. The van der Waals surface area contributed by atoms with Gasteiger partial charge in [0.25, 0.3) is 0 Å². The smallest absolute Gasteiger partial charge is 0.372 e. The first kappa shape index (κ1) is 15.7. The van der Waals surface area contributed by atoms with Crippen molar-refractivity contribution in [1.82, 2.24) is 5.32 Å². The van der Waals surface area contributed by atoms with Crippen LogP contribution in [0.3, 0.4) is 0 Å². The minimum atomic E-state index is -4.21. The summed E-state index contributed by atoms with van der Waals surface area (Å²) in [5.41, 5.74) is 0.109. The number of hydrogen-bond acceptors (Lipinski definition) is 2. The molecule has 0 saturated carbocycles. The van der Waals surface area contributed by atoms with Gasteiger partial charge in [-0.3, -0.25) is 0 Å². The van der Waals surface area contributed by atoms with Gasteiger partial charge in [-0.25, -0.2) is 0 Å². The third-order valence-electron chi connectivity index (χ3n) is 2.26. The Balaban J connectivity index is 3.50. The van der Waals surface area contributed by atoms with Gasteiger partial charge in [0.2, 0.25) is 0 Å². The van der Waals surface area contributed by atoms with Crippen molar-refractivity contribution in [2.24, 2.45) is 5.41 Å². The average molecular weight is 241 g/mol. The van der Waals surface area contributed by atoms with Crippen LogP contribution in [-0.4, -0.2) is 32.5 Å². The fraction of sp³-hybridized carbons (Fsp3) is 1.00. The number of ether oxygens (including phenoxy) is 1. The number of rotatable bonds is 8. The predicted octanol–water partition coefficient (Wildman–Crippen LogP) is 2.98. The molecule has 0 saturated heterocycles. The Morgan fingerprint density at radius 3 is 2.31 bits per heavy atom. The van der Waals surface area contributed by atoms with Crippen LogP contribution in [0.25, 0.3) is 0 Å². The third-order valence-corrected chi connectivity index (χ3v) is 2.26. The summed E-state index contributed by atoms with van der Waals surface area (Å²) in [6.07, 6.45) is -2.69. The Hall–Kier alpha value is -0.290. The lowest BCUT2D eigenvalue weighted by atomic mass is 9.88. The summed E-state index contributed by atoms with van der Waals surface area (Å²) in [6.45, 7) is 7.05. The van der Waals surface area contributed by atoms with Crippen molar-refractivity contribution in [2.45, 2.75) is 39.8 Å². The van der Waals surface area contributed by atoms with Crippen molar-refractivity contribution in [3.05, 3.63) is 0 Å². The van der Waals surface area contributed by atoms with E-state index in [4.69, 9.17) is 0 Å². The van der Waals surface area contributed by atoms with E-state index in [0.717, 1.165) is 19.5 Å². The topological polar surface area (TPSA) is 21.3 Å². The summed E-state index contributed by atoms with van der Waals surface area (Å²) in [7, 11) is 0. The van der Waals surface area contributed by atoms with E-state index >= 15 is 0 Å². The molecule has 0 heterocycles. The first-order valence-electron chi connectivity index (χ1n) is 5.62. The molecule has 16 heavy (non-hydrogen) atoms. The zero-order valence-electron chi connectivity index (χ0n) is 10.3. The van der Waals surface area contributed by atoms with Gasteiger partial charge in [-0.05, 0) is 24.8 Å². The van der Waals surface area contributed by atoms with Crippen LogP contribution in [0.4, 0.5) is 13.2 Å². The first-order valence-corrected chi connectivity index (χ1v) is 5.62. The van der Waals surface area contributed by atoms with Crippen LogP contribution in [0.15, 0.2) is 0 Å². The molecule has 0 bridgehead atoms. The number of nitrogens with one attached hydrogen (secondary N) is 1. The van der Waals surface area contributed by atoms with E-state index in [2.05, 4.69) is 23.9 Å². The zero-order valence-corrected chi connectivity index (χ0v) is 10.3. The maximum absolute atomic E-state index is 11.7. The Labute approximate surface area is 95.5 Å². The van der Waals surface area contributed by atoms with E-state index < -0.39 is 12.8 Å². The lowest BCUT2D eigenvalue weighted by molar-refractivity contribution is -0.174. The van der Waals surface area contributed by atoms with Gasteiger partial charge in [0.05, 0.1) is 0 Å². The van der Waals surface area contributed by atoms with Gasteiger partial charge in [0.1, 0.15) is 6.61 Å². The molecule has 0 rings (SSSR count). The molecule has 0 radical (unpaired) electrons. The molecule has 0 aliphatic rings. The largest absolute Gasteiger partial charge is 0.411 e. The summed E-state index contributed by atoms with van der Waals surface area (Å²) >= 11 is 0. The maximum atomic E-state index is 11.7. The molecule has 98 valence electrons. The summed E-state index contributed by atoms with van der Waals surface area (Å²) in [6, 6.07) is 0. The van der Waals surface area contributed by atoms with Crippen LogP contribution in [0.5, 0.6) is 0 Å². The summed E-state index contributed by atoms with van der Waals surface area (Å²) in [5, 5.41) is 3.23. The van der Waals surface area contributed by atoms with E-state index in [-0.39, 0.29) is 12.0 Å². The van der Waals surface area contributed by atoms with Gasteiger partial charge in [-0.2, -0.15) is 13.2 Å². The van der Waals surface area contributed by atoms with E-state index in [0.29, 0.717) is 6.42 Å². The summed E-state index contributed by atoms with van der Waals surface area (Å²) in [4.78, 5) is 0. The van der Waals surface area contributed by atoms with Crippen molar-refractivity contribution >= 4 is 0 Å².